The molecule has 2 unspecified atom stereocenters. The van der Waals surface area contributed by atoms with Gasteiger partial charge in [-0.15, -0.1) is 0 Å². The molecule has 1 saturated heterocycles. The molecule has 0 aromatic heterocycles. The highest BCUT2D eigenvalue weighted by Gasteiger charge is 2.26. The predicted molar refractivity (Wildman–Crippen MR) is 74.6 cm³/mol. The zero-order valence-electron chi connectivity index (χ0n) is 11.3. The van der Waals surface area contributed by atoms with Gasteiger partial charge in [0, 0.05) is 12.0 Å². The standard InChI is InChI=1S/C15H22N2O2/c1-11-9-13(7-8-16-11)15(19)17-14(10-18)12-5-3-2-4-6-12/h2-6,11,13-14,16,18H,7-10H2,1H3,(H,17,19)/t11?,13?,14-/m1/s1. The SMILES string of the molecule is CC1CC(C(=O)N[C@H](CO)c2ccccc2)CCN1. The molecule has 0 radical (unpaired) electrons. The van der Waals surface area contributed by atoms with Gasteiger partial charge in [0.25, 0.3) is 0 Å². The summed E-state index contributed by atoms with van der Waals surface area (Å²) in [4.78, 5) is 12.2. The van der Waals surface area contributed by atoms with Gasteiger partial charge in [0.15, 0.2) is 0 Å². The van der Waals surface area contributed by atoms with E-state index < -0.39 is 0 Å². The maximum Gasteiger partial charge on any atom is 0.223 e. The Morgan fingerprint density at radius 2 is 2.21 bits per heavy atom. The highest BCUT2D eigenvalue weighted by atomic mass is 16.3. The van der Waals surface area contributed by atoms with Crippen LogP contribution >= 0.6 is 0 Å². The smallest absolute Gasteiger partial charge is 0.223 e. The first-order chi connectivity index (χ1) is 9.20. The summed E-state index contributed by atoms with van der Waals surface area (Å²) in [7, 11) is 0. The van der Waals surface area contributed by atoms with Gasteiger partial charge >= 0.3 is 0 Å². The molecular weight excluding hydrogens is 240 g/mol. The number of benzene rings is 1. The van der Waals surface area contributed by atoms with E-state index in [0.717, 1.165) is 24.9 Å². The van der Waals surface area contributed by atoms with Crippen LogP contribution in [0, 0.1) is 5.92 Å². The lowest BCUT2D eigenvalue weighted by Gasteiger charge is -2.28. The number of hydrogen-bond donors (Lipinski definition) is 3. The summed E-state index contributed by atoms with van der Waals surface area (Å²) >= 11 is 0. The first-order valence-corrected chi connectivity index (χ1v) is 6.90. The maximum atomic E-state index is 12.2. The molecule has 1 amide bonds. The van der Waals surface area contributed by atoms with Crippen LogP contribution in [0.1, 0.15) is 31.4 Å². The van der Waals surface area contributed by atoms with Gasteiger partial charge in [-0.2, -0.15) is 0 Å². The molecule has 0 bridgehead atoms. The van der Waals surface area contributed by atoms with E-state index in [1.54, 1.807) is 0 Å². The predicted octanol–water partition coefficient (Wildman–Crippen LogP) is 1.22. The highest BCUT2D eigenvalue weighted by molar-refractivity contribution is 5.79. The summed E-state index contributed by atoms with van der Waals surface area (Å²) in [6.45, 7) is 2.91. The molecule has 0 spiro atoms. The van der Waals surface area contributed by atoms with E-state index in [9.17, 15) is 9.90 Å². The minimum Gasteiger partial charge on any atom is -0.394 e. The van der Waals surface area contributed by atoms with Gasteiger partial charge < -0.3 is 15.7 Å². The Bertz CT molecular complexity index is 408. The highest BCUT2D eigenvalue weighted by Crippen LogP contribution is 2.18. The lowest BCUT2D eigenvalue weighted by molar-refractivity contribution is -0.127. The Morgan fingerprint density at radius 3 is 2.84 bits per heavy atom. The molecule has 4 nitrogen and oxygen atoms in total. The molecule has 1 aromatic carbocycles. The van der Waals surface area contributed by atoms with Crippen molar-refractivity contribution in [3.63, 3.8) is 0 Å². The molecule has 104 valence electrons. The van der Waals surface area contributed by atoms with E-state index >= 15 is 0 Å². The largest absolute Gasteiger partial charge is 0.394 e. The van der Waals surface area contributed by atoms with Gasteiger partial charge in [-0.05, 0) is 31.9 Å². The summed E-state index contributed by atoms with van der Waals surface area (Å²) in [5, 5.41) is 15.7. The van der Waals surface area contributed by atoms with Gasteiger partial charge in [0.1, 0.15) is 0 Å². The zero-order valence-corrected chi connectivity index (χ0v) is 11.3. The fraction of sp³-hybridized carbons (Fsp3) is 0.533. The maximum absolute atomic E-state index is 12.2. The molecule has 1 fully saturated rings. The van der Waals surface area contributed by atoms with Gasteiger partial charge in [-0.1, -0.05) is 30.3 Å². The zero-order chi connectivity index (χ0) is 13.7. The number of rotatable bonds is 4. The van der Waals surface area contributed by atoms with Crippen molar-refractivity contribution in [1.29, 1.82) is 0 Å². The van der Waals surface area contributed by atoms with Crippen LogP contribution in [0.4, 0.5) is 0 Å². The van der Waals surface area contributed by atoms with Crippen LogP contribution in [0.5, 0.6) is 0 Å². The number of amides is 1. The lowest BCUT2D eigenvalue weighted by atomic mass is 9.92. The number of aliphatic hydroxyl groups excluding tert-OH is 1. The number of aliphatic hydroxyl groups is 1. The number of nitrogens with one attached hydrogen (secondary N) is 2. The van der Waals surface area contributed by atoms with Crippen molar-refractivity contribution in [1.82, 2.24) is 10.6 Å². The Labute approximate surface area is 114 Å². The third-order valence-electron chi connectivity index (χ3n) is 3.70. The molecule has 0 saturated carbocycles. The molecule has 0 aliphatic carbocycles. The van der Waals surface area contributed by atoms with Gasteiger partial charge in [0.05, 0.1) is 12.6 Å². The first-order valence-electron chi connectivity index (χ1n) is 6.90. The third-order valence-corrected chi connectivity index (χ3v) is 3.70. The van der Waals surface area contributed by atoms with Crippen molar-refractivity contribution >= 4 is 5.91 Å². The van der Waals surface area contributed by atoms with Gasteiger partial charge in [-0.25, -0.2) is 0 Å². The second-order valence-corrected chi connectivity index (χ2v) is 5.23. The van der Waals surface area contributed by atoms with E-state index in [1.807, 2.05) is 30.3 Å². The van der Waals surface area contributed by atoms with E-state index in [4.69, 9.17) is 0 Å². The van der Waals surface area contributed by atoms with Crippen molar-refractivity contribution < 1.29 is 9.90 Å². The van der Waals surface area contributed by atoms with E-state index in [2.05, 4.69) is 17.6 Å². The summed E-state index contributed by atoms with van der Waals surface area (Å²) in [6.07, 6.45) is 1.72. The van der Waals surface area contributed by atoms with Crippen molar-refractivity contribution in [2.24, 2.45) is 5.92 Å². The number of carbonyl (C=O) groups is 1. The van der Waals surface area contributed by atoms with Crippen molar-refractivity contribution in [2.75, 3.05) is 13.2 Å². The fourth-order valence-electron chi connectivity index (χ4n) is 2.58. The minimum absolute atomic E-state index is 0.0500. The number of hydrogen-bond acceptors (Lipinski definition) is 3. The second kappa shape index (κ2) is 6.68. The molecule has 3 N–H and O–H groups in total. The van der Waals surface area contributed by atoms with Crippen molar-refractivity contribution in [3.05, 3.63) is 35.9 Å². The monoisotopic (exact) mass is 262 g/mol. The number of carbonyl (C=O) groups excluding carboxylic acids is 1. The van der Waals surface area contributed by atoms with Crippen LogP contribution in [0.15, 0.2) is 30.3 Å². The molecule has 1 aliphatic rings. The summed E-state index contributed by atoms with van der Waals surface area (Å²) in [5.41, 5.74) is 0.945. The van der Waals surface area contributed by atoms with E-state index in [-0.39, 0.29) is 24.5 Å². The average Bonchev–Trinajstić information content (AvgIpc) is 2.45. The molecule has 1 aromatic rings. The normalized spacial score (nSPS) is 24.7. The quantitative estimate of drug-likeness (QED) is 0.764. The van der Waals surface area contributed by atoms with Crippen molar-refractivity contribution in [3.8, 4) is 0 Å². The minimum atomic E-state index is -0.307. The van der Waals surface area contributed by atoms with Crippen LogP contribution in [0.3, 0.4) is 0 Å². The molecular formula is C15H22N2O2. The van der Waals surface area contributed by atoms with Gasteiger partial charge in [-0.3, -0.25) is 4.79 Å². The molecule has 4 heteroatoms. The van der Waals surface area contributed by atoms with Crippen LogP contribution in [-0.2, 0) is 4.79 Å². The Morgan fingerprint density at radius 1 is 1.47 bits per heavy atom. The van der Waals surface area contributed by atoms with Gasteiger partial charge in [0.2, 0.25) is 5.91 Å². The topological polar surface area (TPSA) is 61.4 Å². The second-order valence-electron chi connectivity index (χ2n) is 5.23. The molecule has 19 heavy (non-hydrogen) atoms. The lowest BCUT2D eigenvalue weighted by Crippen LogP contribution is -2.43. The van der Waals surface area contributed by atoms with E-state index in [0.29, 0.717) is 6.04 Å². The summed E-state index contributed by atoms with van der Waals surface area (Å²) in [5.74, 6) is 0.102. The van der Waals surface area contributed by atoms with Crippen LogP contribution in [-0.4, -0.2) is 30.2 Å². The molecule has 3 atom stereocenters. The van der Waals surface area contributed by atoms with E-state index in [1.165, 1.54) is 0 Å². The molecule has 2 rings (SSSR count). The summed E-state index contributed by atoms with van der Waals surface area (Å²) < 4.78 is 0. The first kappa shape index (κ1) is 14.0. The Hall–Kier alpha value is -1.39. The van der Waals surface area contributed by atoms with Crippen molar-refractivity contribution in [2.45, 2.75) is 31.8 Å². The van der Waals surface area contributed by atoms with Crippen LogP contribution in [0.2, 0.25) is 0 Å². The fourth-order valence-corrected chi connectivity index (χ4v) is 2.58. The Balaban J connectivity index is 1.96. The molecule has 1 aliphatic heterocycles. The van der Waals surface area contributed by atoms with Crippen LogP contribution in [0.25, 0.3) is 0 Å². The Kier molecular flexibility index (Phi) is 4.93. The number of piperidine rings is 1. The molecule has 1 heterocycles. The third kappa shape index (κ3) is 3.78. The summed E-state index contributed by atoms with van der Waals surface area (Å²) in [6, 6.07) is 9.67. The van der Waals surface area contributed by atoms with Crippen LogP contribution < -0.4 is 10.6 Å². The average molecular weight is 262 g/mol.